The van der Waals surface area contributed by atoms with Crippen molar-refractivity contribution in [2.75, 3.05) is 14.2 Å². The van der Waals surface area contributed by atoms with Crippen LogP contribution in [0, 0.1) is 5.82 Å². The van der Waals surface area contributed by atoms with Crippen LogP contribution in [0.25, 0.3) is 11.6 Å². The van der Waals surface area contributed by atoms with E-state index < -0.39 is 11.8 Å². The van der Waals surface area contributed by atoms with Crippen molar-refractivity contribution >= 4 is 17.6 Å². The highest BCUT2D eigenvalue weighted by Gasteiger charge is 2.12. The Bertz CT molecular complexity index is 705. The molecule has 2 aromatic rings. The standard InChI is InChI=1S/C17H15FO4/c1-21-15-8-3-11(10-16(15)22-2)9-14(17(19)20)12-4-6-13(18)7-5-12/h3-10H,1-2H3,(H,19,20)/b14-9-. The maximum Gasteiger partial charge on any atom is 0.336 e. The zero-order valence-corrected chi connectivity index (χ0v) is 12.2. The van der Waals surface area contributed by atoms with Crippen LogP contribution >= 0.6 is 0 Å². The zero-order chi connectivity index (χ0) is 16.1. The van der Waals surface area contributed by atoms with E-state index in [4.69, 9.17) is 9.47 Å². The van der Waals surface area contributed by atoms with Crippen LogP contribution in [0.2, 0.25) is 0 Å². The average Bonchev–Trinajstić information content (AvgIpc) is 2.53. The molecule has 0 saturated heterocycles. The highest BCUT2D eigenvalue weighted by Crippen LogP contribution is 2.29. The van der Waals surface area contributed by atoms with E-state index in [1.807, 2.05) is 0 Å². The van der Waals surface area contributed by atoms with Gasteiger partial charge in [0.2, 0.25) is 0 Å². The Labute approximate surface area is 127 Å². The number of halogens is 1. The number of benzene rings is 2. The lowest BCUT2D eigenvalue weighted by molar-refractivity contribution is -0.130. The molecule has 0 aliphatic heterocycles. The Hall–Kier alpha value is -2.82. The molecule has 2 rings (SSSR count). The molecule has 5 heteroatoms. The Balaban J connectivity index is 2.46. The van der Waals surface area contributed by atoms with E-state index in [2.05, 4.69) is 0 Å². The minimum atomic E-state index is -1.10. The second-order valence-electron chi connectivity index (χ2n) is 4.48. The highest BCUT2D eigenvalue weighted by molar-refractivity contribution is 6.20. The van der Waals surface area contributed by atoms with E-state index in [0.717, 1.165) is 0 Å². The predicted octanol–water partition coefficient (Wildman–Crippen LogP) is 3.47. The monoisotopic (exact) mass is 302 g/mol. The van der Waals surface area contributed by atoms with Crippen molar-refractivity contribution in [3.05, 3.63) is 59.4 Å². The van der Waals surface area contributed by atoms with Gasteiger partial charge in [-0.2, -0.15) is 0 Å². The molecule has 0 bridgehead atoms. The fourth-order valence-electron chi connectivity index (χ4n) is 2.01. The van der Waals surface area contributed by atoms with Crippen LogP contribution in [0.5, 0.6) is 11.5 Å². The molecule has 0 aliphatic rings. The number of hydrogen-bond acceptors (Lipinski definition) is 3. The van der Waals surface area contributed by atoms with Crippen LogP contribution in [-0.4, -0.2) is 25.3 Å². The molecule has 0 radical (unpaired) electrons. The van der Waals surface area contributed by atoms with Crippen LogP contribution in [-0.2, 0) is 4.79 Å². The minimum absolute atomic E-state index is 0.0622. The molecule has 0 aliphatic carbocycles. The minimum Gasteiger partial charge on any atom is -0.493 e. The molecule has 0 spiro atoms. The van der Waals surface area contributed by atoms with Crippen molar-refractivity contribution < 1.29 is 23.8 Å². The lowest BCUT2D eigenvalue weighted by Gasteiger charge is -2.09. The van der Waals surface area contributed by atoms with Crippen LogP contribution in [0.3, 0.4) is 0 Å². The Morgan fingerprint density at radius 2 is 1.68 bits per heavy atom. The number of hydrogen-bond donors (Lipinski definition) is 1. The first-order chi connectivity index (χ1) is 10.5. The predicted molar refractivity (Wildman–Crippen MR) is 81.5 cm³/mol. The van der Waals surface area contributed by atoms with Gasteiger partial charge in [-0.15, -0.1) is 0 Å². The molecule has 0 atom stereocenters. The van der Waals surface area contributed by atoms with Crippen molar-refractivity contribution in [3.8, 4) is 11.5 Å². The molecule has 0 fully saturated rings. The number of carboxylic acid groups (broad SMARTS) is 1. The third kappa shape index (κ3) is 3.44. The first-order valence-corrected chi connectivity index (χ1v) is 6.48. The number of aliphatic carboxylic acids is 1. The van der Waals surface area contributed by atoms with Gasteiger partial charge in [0.1, 0.15) is 5.82 Å². The van der Waals surface area contributed by atoms with Gasteiger partial charge in [0.05, 0.1) is 19.8 Å². The summed E-state index contributed by atoms with van der Waals surface area (Å²) < 4.78 is 23.3. The van der Waals surface area contributed by atoms with Gasteiger partial charge in [-0.25, -0.2) is 9.18 Å². The SMILES string of the molecule is COc1ccc(/C=C(\C(=O)O)c2ccc(F)cc2)cc1OC. The van der Waals surface area contributed by atoms with Crippen molar-refractivity contribution in [2.45, 2.75) is 0 Å². The summed E-state index contributed by atoms with van der Waals surface area (Å²) in [7, 11) is 3.03. The zero-order valence-electron chi connectivity index (χ0n) is 12.2. The molecule has 22 heavy (non-hydrogen) atoms. The summed E-state index contributed by atoms with van der Waals surface area (Å²) in [5, 5.41) is 9.37. The summed E-state index contributed by atoms with van der Waals surface area (Å²) in [6.45, 7) is 0. The molecule has 0 aromatic heterocycles. The smallest absolute Gasteiger partial charge is 0.336 e. The summed E-state index contributed by atoms with van der Waals surface area (Å²) in [5.74, 6) is -0.459. The third-order valence-electron chi connectivity index (χ3n) is 3.10. The Morgan fingerprint density at radius 1 is 1.05 bits per heavy atom. The number of rotatable bonds is 5. The Kier molecular flexibility index (Phi) is 4.78. The van der Waals surface area contributed by atoms with Crippen molar-refractivity contribution in [3.63, 3.8) is 0 Å². The maximum absolute atomic E-state index is 13.0. The van der Waals surface area contributed by atoms with Gasteiger partial charge in [0.25, 0.3) is 0 Å². The van der Waals surface area contributed by atoms with Gasteiger partial charge < -0.3 is 14.6 Å². The molecular weight excluding hydrogens is 287 g/mol. The molecule has 4 nitrogen and oxygen atoms in total. The fraction of sp³-hybridized carbons (Fsp3) is 0.118. The normalized spacial score (nSPS) is 11.1. The molecule has 2 aromatic carbocycles. The lowest BCUT2D eigenvalue weighted by Crippen LogP contribution is -2.00. The summed E-state index contributed by atoms with van der Waals surface area (Å²) in [6.07, 6.45) is 1.50. The van der Waals surface area contributed by atoms with E-state index in [1.54, 1.807) is 18.2 Å². The largest absolute Gasteiger partial charge is 0.493 e. The molecule has 0 amide bonds. The topological polar surface area (TPSA) is 55.8 Å². The molecule has 1 N–H and O–H groups in total. The molecule has 0 heterocycles. The van der Waals surface area contributed by atoms with Crippen molar-refractivity contribution in [1.82, 2.24) is 0 Å². The lowest BCUT2D eigenvalue weighted by atomic mass is 10.0. The summed E-state index contributed by atoms with van der Waals surface area (Å²) in [4.78, 5) is 11.4. The molecule has 0 saturated carbocycles. The number of carbonyl (C=O) groups is 1. The summed E-state index contributed by atoms with van der Waals surface area (Å²) in [5.41, 5.74) is 1.12. The van der Waals surface area contributed by atoms with Gasteiger partial charge in [-0.05, 0) is 41.5 Å². The summed E-state index contributed by atoms with van der Waals surface area (Å²) in [6, 6.07) is 10.4. The third-order valence-corrected chi connectivity index (χ3v) is 3.10. The van der Waals surface area contributed by atoms with Gasteiger partial charge in [0, 0.05) is 0 Å². The van der Waals surface area contributed by atoms with Crippen LogP contribution in [0.4, 0.5) is 4.39 Å². The molecular formula is C17H15FO4. The summed E-state index contributed by atoms with van der Waals surface area (Å²) >= 11 is 0. The Morgan fingerprint density at radius 3 is 2.23 bits per heavy atom. The number of methoxy groups -OCH3 is 2. The van der Waals surface area contributed by atoms with Crippen molar-refractivity contribution in [2.24, 2.45) is 0 Å². The van der Waals surface area contributed by atoms with Crippen LogP contribution in [0.1, 0.15) is 11.1 Å². The van der Waals surface area contributed by atoms with E-state index in [-0.39, 0.29) is 5.57 Å². The molecule has 0 unspecified atom stereocenters. The average molecular weight is 302 g/mol. The van der Waals surface area contributed by atoms with Gasteiger partial charge in [0.15, 0.2) is 11.5 Å². The highest BCUT2D eigenvalue weighted by atomic mass is 19.1. The van der Waals surface area contributed by atoms with Gasteiger partial charge >= 0.3 is 5.97 Å². The number of ether oxygens (including phenoxy) is 2. The first-order valence-electron chi connectivity index (χ1n) is 6.48. The number of carboxylic acids is 1. The van der Waals surface area contributed by atoms with Crippen molar-refractivity contribution in [1.29, 1.82) is 0 Å². The molecule has 114 valence electrons. The maximum atomic E-state index is 13.0. The first kappa shape index (κ1) is 15.6. The van der Waals surface area contributed by atoms with E-state index in [0.29, 0.717) is 22.6 Å². The fourth-order valence-corrected chi connectivity index (χ4v) is 2.01. The quantitative estimate of drug-likeness (QED) is 0.679. The van der Waals surface area contributed by atoms with Gasteiger partial charge in [-0.3, -0.25) is 0 Å². The second-order valence-corrected chi connectivity index (χ2v) is 4.48. The van der Waals surface area contributed by atoms with E-state index in [9.17, 15) is 14.3 Å². The van der Waals surface area contributed by atoms with E-state index >= 15 is 0 Å². The van der Waals surface area contributed by atoms with E-state index in [1.165, 1.54) is 44.6 Å². The second kappa shape index (κ2) is 6.76. The van der Waals surface area contributed by atoms with Gasteiger partial charge in [-0.1, -0.05) is 18.2 Å². The van der Waals surface area contributed by atoms with Crippen LogP contribution in [0.15, 0.2) is 42.5 Å². The van der Waals surface area contributed by atoms with Crippen LogP contribution < -0.4 is 9.47 Å².